The highest BCUT2D eigenvalue weighted by Gasteiger charge is 2.24. The maximum Gasteiger partial charge on any atom is 0.270 e. The Labute approximate surface area is 149 Å². The molecular formula is C20H26N4O. The number of aryl methyl sites for hydroxylation is 1. The minimum absolute atomic E-state index is 0.0975. The zero-order valence-electron chi connectivity index (χ0n) is 15.2. The molecule has 0 unspecified atom stereocenters. The second-order valence-electron chi connectivity index (χ2n) is 6.47. The Kier molecular flexibility index (Phi) is 5.22. The lowest BCUT2D eigenvalue weighted by molar-refractivity contribution is 0.0946. The zero-order chi connectivity index (χ0) is 17.8. The quantitative estimate of drug-likeness (QED) is 0.804. The average Bonchev–Trinajstić information content (AvgIpc) is 3.42. The van der Waals surface area contributed by atoms with Crippen LogP contribution in [-0.4, -0.2) is 30.0 Å². The summed E-state index contributed by atoms with van der Waals surface area (Å²) in [5.41, 5.74) is 4.76. The van der Waals surface area contributed by atoms with Crippen molar-refractivity contribution >= 4 is 23.0 Å². The SMILES string of the molecule is CCN(CC)c1ccc(Nc2ccnc(C(=O)NC3CC3)c2)c(C)c1. The number of pyridine rings is 1. The first kappa shape index (κ1) is 17.3. The summed E-state index contributed by atoms with van der Waals surface area (Å²) in [6.07, 6.45) is 3.81. The fourth-order valence-corrected chi connectivity index (χ4v) is 2.85. The first-order chi connectivity index (χ1) is 12.1. The van der Waals surface area contributed by atoms with Gasteiger partial charge >= 0.3 is 0 Å². The Morgan fingerprint density at radius 3 is 2.60 bits per heavy atom. The van der Waals surface area contributed by atoms with E-state index in [1.54, 1.807) is 12.3 Å². The van der Waals surface area contributed by atoms with Crippen molar-refractivity contribution in [3.8, 4) is 0 Å². The summed E-state index contributed by atoms with van der Waals surface area (Å²) < 4.78 is 0. The van der Waals surface area contributed by atoms with Gasteiger partial charge in [0.05, 0.1) is 0 Å². The second-order valence-corrected chi connectivity index (χ2v) is 6.47. The van der Waals surface area contributed by atoms with E-state index < -0.39 is 0 Å². The van der Waals surface area contributed by atoms with E-state index >= 15 is 0 Å². The highest BCUT2D eigenvalue weighted by atomic mass is 16.2. The van der Waals surface area contributed by atoms with Gasteiger partial charge in [-0.1, -0.05) is 0 Å². The Bertz CT molecular complexity index is 751. The molecule has 25 heavy (non-hydrogen) atoms. The number of nitrogens with one attached hydrogen (secondary N) is 2. The van der Waals surface area contributed by atoms with Gasteiger partial charge in [-0.15, -0.1) is 0 Å². The van der Waals surface area contributed by atoms with Gasteiger partial charge in [-0.2, -0.15) is 0 Å². The minimum Gasteiger partial charge on any atom is -0.372 e. The number of hydrogen-bond acceptors (Lipinski definition) is 4. The molecule has 132 valence electrons. The van der Waals surface area contributed by atoms with Crippen LogP contribution in [0.4, 0.5) is 17.1 Å². The Morgan fingerprint density at radius 2 is 1.96 bits per heavy atom. The van der Waals surface area contributed by atoms with Crippen LogP contribution in [0.2, 0.25) is 0 Å². The Hall–Kier alpha value is -2.56. The molecule has 3 rings (SSSR count). The number of amides is 1. The molecule has 0 atom stereocenters. The van der Waals surface area contributed by atoms with E-state index in [4.69, 9.17) is 0 Å². The summed E-state index contributed by atoms with van der Waals surface area (Å²) in [4.78, 5) is 18.7. The van der Waals surface area contributed by atoms with Crippen molar-refractivity contribution in [1.82, 2.24) is 10.3 Å². The van der Waals surface area contributed by atoms with Crippen LogP contribution in [0.3, 0.4) is 0 Å². The molecule has 1 amide bonds. The van der Waals surface area contributed by atoms with Crippen LogP contribution in [0.25, 0.3) is 0 Å². The average molecular weight is 338 g/mol. The highest BCUT2D eigenvalue weighted by Crippen LogP contribution is 2.26. The maximum atomic E-state index is 12.1. The van der Waals surface area contributed by atoms with Crippen molar-refractivity contribution in [3.05, 3.63) is 47.8 Å². The molecule has 1 heterocycles. The molecule has 0 saturated heterocycles. The smallest absolute Gasteiger partial charge is 0.270 e. The van der Waals surface area contributed by atoms with Crippen LogP contribution in [0.5, 0.6) is 0 Å². The molecule has 1 aliphatic rings. The van der Waals surface area contributed by atoms with Crippen LogP contribution in [0.1, 0.15) is 42.7 Å². The molecule has 0 radical (unpaired) electrons. The summed E-state index contributed by atoms with van der Waals surface area (Å²) >= 11 is 0. The van der Waals surface area contributed by atoms with Gasteiger partial charge in [-0.25, -0.2) is 0 Å². The molecule has 2 N–H and O–H groups in total. The summed E-state index contributed by atoms with van der Waals surface area (Å²) in [5, 5.41) is 6.37. The van der Waals surface area contributed by atoms with Crippen LogP contribution < -0.4 is 15.5 Å². The second kappa shape index (κ2) is 7.55. The number of hydrogen-bond donors (Lipinski definition) is 2. The van der Waals surface area contributed by atoms with Gasteiger partial charge in [0, 0.05) is 42.4 Å². The van der Waals surface area contributed by atoms with Crippen molar-refractivity contribution in [2.45, 2.75) is 39.7 Å². The number of aromatic nitrogens is 1. The van der Waals surface area contributed by atoms with Crippen molar-refractivity contribution < 1.29 is 4.79 Å². The van der Waals surface area contributed by atoms with Crippen molar-refractivity contribution in [3.63, 3.8) is 0 Å². The first-order valence-corrected chi connectivity index (χ1v) is 9.00. The predicted octanol–water partition coefficient (Wildman–Crippen LogP) is 3.87. The number of benzene rings is 1. The molecule has 1 aromatic carbocycles. The van der Waals surface area contributed by atoms with Gasteiger partial charge in [0.15, 0.2) is 0 Å². The maximum absolute atomic E-state index is 12.1. The number of carbonyl (C=O) groups excluding carboxylic acids is 1. The molecule has 0 spiro atoms. The Balaban J connectivity index is 1.74. The van der Waals surface area contributed by atoms with E-state index in [0.717, 1.165) is 37.3 Å². The van der Waals surface area contributed by atoms with Crippen LogP contribution >= 0.6 is 0 Å². The van der Waals surface area contributed by atoms with Crippen molar-refractivity contribution in [2.75, 3.05) is 23.3 Å². The third kappa shape index (κ3) is 4.29. The van der Waals surface area contributed by atoms with Crippen LogP contribution in [-0.2, 0) is 0 Å². The topological polar surface area (TPSA) is 57.3 Å². The van der Waals surface area contributed by atoms with E-state index in [1.807, 2.05) is 6.07 Å². The van der Waals surface area contributed by atoms with Gasteiger partial charge in [-0.3, -0.25) is 9.78 Å². The molecule has 5 heteroatoms. The fourth-order valence-electron chi connectivity index (χ4n) is 2.85. The molecule has 2 aromatic rings. The molecular weight excluding hydrogens is 312 g/mol. The van der Waals surface area contributed by atoms with Gasteiger partial charge in [0.25, 0.3) is 5.91 Å². The van der Waals surface area contributed by atoms with E-state index in [9.17, 15) is 4.79 Å². The summed E-state index contributed by atoms with van der Waals surface area (Å²) in [6, 6.07) is 10.4. The zero-order valence-corrected chi connectivity index (χ0v) is 15.2. The van der Waals surface area contributed by atoms with Gasteiger partial charge in [-0.05, 0) is 69.5 Å². The molecule has 1 aliphatic carbocycles. The summed E-state index contributed by atoms with van der Waals surface area (Å²) in [6.45, 7) is 8.41. The lowest BCUT2D eigenvalue weighted by atomic mass is 10.1. The molecule has 5 nitrogen and oxygen atoms in total. The summed E-state index contributed by atoms with van der Waals surface area (Å²) in [5.74, 6) is -0.0975. The lowest BCUT2D eigenvalue weighted by Crippen LogP contribution is -2.26. The lowest BCUT2D eigenvalue weighted by Gasteiger charge is -2.22. The number of carbonyl (C=O) groups is 1. The third-order valence-electron chi connectivity index (χ3n) is 4.52. The molecule has 0 aliphatic heterocycles. The third-order valence-corrected chi connectivity index (χ3v) is 4.52. The van der Waals surface area contributed by atoms with E-state index in [2.05, 4.69) is 59.5 Å². The standard InChI is InChI=1S/C20H26N4O/c1-4-24(5-2)17-8-9-18(14(3)12-17)22-16-10-11-21-19(13-16)20(25)23-15-6-7-15/h8-13,15H,4-7H2,1-3H3,(H,21,22)(H,23,25). The normalized spacial score (nSPS) is 13.4. The van der Waals surface area contributed by atoms with E-state index in [0.29, 0.717) is 11.7 Å². The van der Waals surface area contributed by atoms with Gasteiger partial charge in [0.2, 0.25) is 0 Å². The first-order valence-electron chi connectivity index (χ1n) is 9.00. The number of anilines is 3. The molecule has 1 saturated carbocycles. The molecule has 1 fully saturated rings. The fraction of sp³-hybridized carbons (Fsp3) is 0.400. The van der Waals surface area contributed by atoms with Crippen LogP contribution in [0, 0.1) is 6.92 Å². The monoisotopic (exact) mass is 338 g/mol. The highest BCUT2D eigenvalue weighted by molar-refractivity contribution is 5.93. The van der Waals surface area contributed by atoms with Gasteiger partial charge in [0.1, 0.15) is 5.69 Å². The predicted molar refractivity (Wildman–Crippen MR) is 103 cm³/mol. The largest absolute Gasteiger partial charge is 0.372 e. The minimum atomic E-state index is -0.0975. The van der Waals surface area contributed by atoms with Crippen molar-refractivity contribution in [1.29, 1.82) is 0 Å². The summed E-state index contributed by atoms with van der Waals surface area (Å²) in [7, 11) is 0. The van der Waals surface area contributed by atoms with E-state index in [1.165, 1.54) is 11.3 Å². The van der Waals surface area contributed by atoms with E-state index in [-0.39, 0.29) is 5.91 Å². The van der Waals surface area contributed by atoms with Crippen LogP contribution in [0.15, 0.2) is 36.5 Å². The molecule has 0 bridgehead atoms. The van der Waals surface area contributed by atoms with Gasteiger partial charge < -0.3 is 15.5 Å². The molecule has 1 aromatic heterocycles. The Morgan fingerprint density at radius 1 is 1.20 bits per heavy atom. The van der Waals surface area contributed by atoms with Crippen molar-refractivity contribution in [2.24, 2.45) is 0 Å². The number of rotatable bonds is 7. The number of nitrogens with zero attached hydrogens (tertiary/aromatic N) is 2.